The van der Waals surface area contributed by atoms with Gasteiger partial charge in [-0.25, -0.2) is 4.98 Å². The molecule has 4 heterocycles. The van der Waals surface area contributed by atoms with Gasteiger partial charge in [-0.2, -0.15) is 9.97 Å². The molecular weight excluding hydrogens is 771 g/mol. The van der Waals surface area contributed by atoms with Crippen molar-refractivity contribution >= 4 is 97.9 Å². The van der Waals surface area contributed by atoms with Gasteiger partial charge in [-0.15, -0.1) is 0 Å². The molecule has 14 aromatic rings. The van der Waals surface area contributed by atoms with Crippen molar-refractivity contribution in [3.8, 4) is 34.4 Å². The minimum absolute atomic E-state index is 0.564. The van der Waals surface area contributed by atoms with Crippen LogP contribution >= 0.6 is 0 Å². The molecule has 0 bridgehead atoms. The fraction of sp³-hybridized carbons (Fsp3) is 0. The second-order valence-corrected chi connectivity index (χ2v) is 16.4. The molecular formula is C57H33N5O. The van der Waals surface area contributed by atoms with Crippen LogP contribution in [0.2, 0.25) is 0 Å². The lowest BCUT2D eigenvalue weighted by Crippen LogP contribution is -2.06. The number of para-hydroxylation sites is 4. The highest BCUT2D eigenvalue weighted by Gasteiger charge is 2.21. The van der Waals surface area contributed by atoms with Crippen LogP contribution in [0.25, 0.3) is 132 Å². The SMILES string of the molecule is c1ccc2c(c1)oc1ccc(-n3c4ccccc4c4ccc(-c5nc(-c6ccc7c8ccccc8c8ccccc8c7c6)nc(-n6c7ccccc7c7ccccc76)n5)cc43)cc12. The van der Waals surface area contributed by atoms with Gasteiger partial charge in [-0.05, 0) is 86.9 Å². The summed E-state index contributed by atoms with van der Waals surface area (Å²) in [4.78, 5) is 16.1. The first kappa shape index (κ1) is 34.1. The highest BCUT2D eigenvalue weighted by molar-refractivity contribution is 6.25. The van der Waals surface area contributed by atoms with Gasteiger partial charge in [-0.3, -0.25) is 4.57 Å². The molecule has 0 aliphatic heterocycles. The molecule has 0 radical (unpaired) electrons. The number of aromatic nitrogens is 5. The van der Waals surface area contributed by atoms with Crippen molar-refractivity contribution < 1.29 is 4.42 Å². The topological polar surface area (TPSA) is 61.7 Å². The summed E-state index contributed by atoms with van der Waals surface area (Å²) in [5, 5.41) is 14.1. The summed E-state index contributed by atoms with van der Waals surface area (Å²) in [5.74, 6) is 1.76. The highest BCUT2D eigenvalue weighted by atomic mass is 16.3. The lowest BCUT2D eigenvalue weighted by atomic mass is 9.93. The molecule has 0 atom stereocenters. The van der Waals surface area contributed by atoms with Gasteiger partial charge in [0.15, 0.2) is 11.6 Å². The average Bonchev–Trinajstić information content (AvgIpc) is 4.01. The van der Waals surface area contributed by atoms with Gasteiger partial charge < -0.3 is 8.98 Å². The number of benzene rings is 10. The summed E-state index contributed by atoms with van der Waals surface area (Å²) < 4.78 is 10.8. The van der Waals surface area contributed by atoms with E-state index in [0.717, 1.165) is 82.4 Å². The molecule has 0 amide bonds. The number of fused-ring (bicyclic) bond motifs is 15. The second-order valence-electron chi connectivity index (χ2n) is 16.4. The Labute approximate surface area is 359 Å². The van der Waals surface area contributed by atoms with Crippen LogP contribution in [0.3, 0.4) is 0 Å². The van der Waals surface area contributed by atoms with E-state index in [4.69, 9.17) is 19.4 Å². The first-order chi connectivity index (χ1) is 31.2. The summed E-state index contributed by atoms with van der Waals surface area (Å²) in [6, 6.07) is 70.9. The van der Waals surface area contributed by atoms with Crippen LogP contribution in [0.15, 0.2) is 205 Å². The number of nitrogens with zero attached hydrogens (tertiary/aromatic N) is 5. The lowest BCUT2D eigenvalue weighted by Gasteiger charge is -2.13. The second kappa shape index (κ2) is 12.9. The summed E-state index contributed by atoms with van der Waals surface area (Å²) >= 11 is 0. The van der Waals surface area contributed by atoms with Crippen molar-refractivity contribution in [2.45, 2.75) is 0 Å². The van der Waals surface area contributed by atoms with Gasteiger partial charge in [0.1, 0.15) is 11.2 Å². The third kappa shape index (κ3) is 4.97. The lowest BCUT2D eigenvalue weighted by molar-refractivity contribution is 0.669. The van der Waals surface area contributed by atoms with Crippen molar-refractivity contribution in [2.75, 3.05) is 0 Å². The van der Waals surface area contributed by atoms with Crippen LogP contribution in [0.5, 0.6) is 0 Å². The van der Waals surface area contributed by atoms with Gasteiger partial charge in [0.25, 0.3) is 0 Å². The van der Waals surface area contributed by atoms with E-state index in [1.807, 2.05) is 12.1 Å². The van der Waals surface area contributed by atoms with Crippen LogP contribution < -0.4 is 0 Å². The van der Waals surface area contributed by atoms with Crippen molar-refractivity contribution in [2.24, 2.45) is 0 Å². The van der Waals surface area contributed by atoms with E-state index < -0.39 is 0 Å². The Balaban J connectivity index is 1.04. The standard InChI is InChI=1S/C57H33N5O/c1-2-15-39-37(13-1)38-14-3-4-16-40(38)47-31-34(25-28-41(39)47)55-58-56(60-57(59-55)62-50-22-10-6-17-42(50)43-18-7-11-23-51(43)62)35-26-29-45-44-19-5-9-21-49(44)61(52(45)32-35)36-27-30-54-48(33-36)46-20-8-12-24-53(46)63-54/h1-33H. The number of furan rings is 1. The zero-order chi connectivity index (χ0) is 41.2. The van der Waals surface area contributed by atoms with Gasteiger partial charge in [0.2, 0.25) is 5.95 Å². The Morgan fingerprint density at radius 3 is 1.35 bits per heavy atom. The van der Waals surface area contributed by atoms with E-state index in [2.05, 4.69) is 197 Å². The van der Waals surface area contributed by atoms with E-state index in [1.54, 1.807) is 0 Å². The molecule has 4 aromatic heterocycles. The molecule has 10 aromatic carbocycles. The molecule has 6 nitrogen and oxygen atoms in total. The van der Waals surface area contributed by atoms with E-state index >= 15 is 0 Å². The zero-order valence-corrected chi connectivity index (χ0v) is 33.7. The Morgan fingerprint density at radius 2 is 0.730 bits per heavy atom. The maximum atomic E-state index is 6.25. The summed E-state index contributed by atoms with van der Waals surface area (Å²) in [7, 11) is 0. The smallest absolute Gasteiger partial charge is 0.238 e. The van der Waals surface area contributed by atoms with E-state index in [-0.39, 0.29) is 0 Å². The number of rotatable bonds is 4. The van der Waals surface area contributed by atoms with E-state index in [9.17, 15) is 0 Å². The molecule has 6 heteroatoms. The Kier molecular flexibility index (Phi) is 7.02. The van der Waals surface area contributed by atoms with Gasteiger partial charge in [-0.1, -0.05) is 146 Å². The molecule has 292 valence electrons. The molecule has 0 aliphatic rings. The Hall–Kier alpha value is -8.61. The highest BCUT2D eigenvalue weighted by Crippen LogP contribution is 2.40. The fourth-order valence-electron chi connectivity index (χ4n) is 10.1. The predicted molar refractivity (Wildman–Crippen MR) is 259 cm³/mol. The zero-order valence-electron chi connectivity index (χ0n) is 33.7. The van der Waals surface area contributed by atoms with Gasteiger partial charge >= 0.3 is 0 Å². The maximum Gasteiger partial charge on any atom is 0.238 e. The van der Waals surface area contributed by atoms with E-state index in [0.29, 0.717) is 17.6 Å². The average molecular weight is 804 g/mol. The minimum atomic E-state index is 0.564. The van der Waals surface area contributed by atoms with Crippen LogP contribution in [-0.4, -0.2) is 24.1 Å². The molecule has 14 rings (SSSR count). The van der Waals surface area contributed by atoms with Crippen LogP contribution in [0.4, 0.5) is 0 Å². The minimum Gasteiger partial charge on any atom is -0.456 e. The third-order valence-corrected chi connectivity index (χ3v) is 13.0. The Bertz CT molecular complexity index is 4140. The van der Waals surface area contributed by atoms with Crippen molar-refractivity contribution in [1.29, 1.82) is 0 Å². The van der Waals surface area contributed by atoms with Crippen molar-refractivity contribution in [1.82, 2.24) is 24.1 Å². The van der Waals surface area contributed by atoms with Crippen LogP contribution in [-0.2, 0) is 0 Å². The monoisotopic (exact) mass is 803 g/mol. The fourth-order valence-corrected chi connectivity index (χ4v) is 10.1. The molecule has 0 saturated carbocycles. The van der Waals surface area contributed by atoms with Crippen molar-refractivity contribution in [3.05, 3.63) is 200 Å². The molecule has 0 unspecified atom stereocenters. The summed E-state index contributed by atoms with van der Waals surface area (Å²) in [6.07, 6.45) is 0. The quantitative estimate of drug-likeness (QED) is 0.166. The van der Waals surface area contributed by atoms with Crippen LogP contribution in [0.1, 0.15) is 0 Å². The van der Waals surface area contributed by atoms with E-state index in [1.165, 1.54) is 32.3 Å². The van der Waals surface area contributed by atoms with Crippen LogP contribution in [0, 0.1) is 0 Å². The maximum absolute atomic E-state index is 6.25. The molecule has 0 aliphatic carbocycles. The molecule has 0 N–H and O–H groups in total. The number of hydrogen-bond donors (Lipinski definition) is 0. The predicted octanol–water partition coefficient (Wildman–Crippen LogP) is 14.8. The van der Waals surface area contributed by atoms with Gasteiger partial charge in [0, 0.05) is 49.1 Å². The third-order valence-electron chi connectivity index (χ3n) is 13.0. The molecule has 0 fully saturated rings. The molecule has 63 heavy (non-hydrogen) atoms. The van der Waals surface area contributed by atoms with Crippen molar-refractivity contribution in [3.63, 3.8) is 0 Å². The first-order valence-electron chi connectivity index (χ1n) is 21.3. The molecule has 0 spiro atoms. The normalized spacial score (nSPS) is 12.1. The van der Waals surface area contributed by atoms with Gasteiger partial charge in [0.05, 0.1) is 22.1 Å². The Morgan fingerprint density at radius 1 is 0.286 bits per heavy atom. The molecule has 0 saturated heterocycles. The largest absolute Gasteiger partial charge is 0.456 e. The summed E-state index contributed by atoms with van der Waals surface area (Å²) in [6.45, 7) is 0. The summed E-state index contributed by atoms with van der Waals surface area (Å²) in [5.41, 5.74) is 8.87. The number of hydrogen-bond acceptors (Lipinski definition) is 4. The first-order valence-corrected chi connectivity index (χ1v) is 21.3.